The molecule has 1 atom stereocenters. The molecule has 1 aliphatic carbocycles. The van der Waals surface area contributed by atoms with E-state index in [1.54, 1.807) is 0 Å². The largest absolute Gasteiger partial charge is 0.315 e. The fourth-order valence-corrected chi connectivity index (χ4v) is 2.18. The maximum atomic E-state index is 3.49. The van der Waals surface area contributed by atoms with E-state index in [2.05, 4.69) is 31.0 Å². The third-order valence-corrected chi connectivity index (χ3v) is 3.32. The lowest BCUT2D eigenvalue weighted by molar-refractivity contribution is 0.179. The van der Waals surface area contributed by atoms with Crippen molar-refractivity contribution < 1.29 is 0 Å². The third-order valence-electron chi connectivity index (χ3n) is 3.32. The van der Waals surface area contributed by atoms with Crippen LogP contribution in [0.3, 0.4) is 0 Å². The van der Waals surface area contributed by atoms with E-state index in [9.17, 15) is 0 Å². The molecule has 15 heavy (non-hydrogen) atoms. The van der Waals surface area contributed by atoms with Crippen LogP contribution in [0.4, 0.5) is 0 Å². The molecule has 0 radical (unpaired) electrons. The van der Waals surface area contributed by atoms with Crippen molar-refractivity contribution >= 4 is 0 Å². The lowest BCUT2D eigenvalue weighted by atomic mass is 10.1. The van der Waals surface area contributed by atoms with Gasteiger partial charge in [-0.25, -0.2) is 0 Å². The SMILES string of the molecule is CCCN(CC1CC1)C(CC)CNCC. The zero-order chi connectivity index (χ0) is 11.1. The Kier molecular flexibility index (Phi) is 6.26. The van der Waals surface area contributed by atoms with E-state index in [1.165, 1.54) is 45.3 Å². The van der Waals surface area contributed by atoms with Crippen LogP contribution in [0.2, 0.25) is 0 Å². The summed E-state index contributed by atoms with van der Waals surface area (Å²) < 4.78 is 0. The first-order valence-corrected chi connectivity index (χ1v) is 6.76. The fourth-order valence-electron chi connectivity index (χ4n) is 2.18. The summed E-state index contributed by atoms with van der Waals surface area (Å²) in [6, 6.07) is 0.755. The van der Waals surface area contributed by atoms with E-state index in [1.807, 2.05) is 0 Å². The van der Waals surface area contributed by atoms with Crippen LogP contribution in [0.25, 0.3) is 0 Å². The molecule has 90 valence electrons. The van der Waals surface area contributed by atoms with Crippen LogP contribution in [0.1, 0.15) is 46.5 Å². The Hall–Kier alpha value is -0.0800. The van der Waals surface area contributed by atoms with Crippen molar-refractivity contribution in [2.45, 2.75) is 52.5 Å². The van der Waals surface area contributed by atoms with Gasteiger partial charge in [-0.3, -0.25) is 4.90 Å². The molecule has 1 N–H and O–H groups in total. The highest BCUT2D eigenvalue weighted by atomic mass is 15.2. The van der Waals surface area contributed by atoms with E-state index in [-0.39, 0.29) is 0 Å². The Morgan fingerprint density at radius 3 is 2.47 bits per heavy atom. The number of likely N-dealkylation sites (N-methyl/N-ethyl adjacent to an activating group) is 1. The maximum absolute atomic E-state index is 3.49. The zero-order valence-corrected chi connectivity index (χ0v) is 10.8. The molecule has 0 aromatic rings. The number of hydrogen-bond acceptors (Lipinski definition) is 2. The van der Waals surface area contributed by atoms with Crippen molar-refractivity contribution in [3.05, 3.63) is 0 Å². The highest BCUT2D eigenvalue weighted by Crippen LogP contribution is 2.30. The second kappa shape index (κ2) is 7.24. The number of nitrogens with one attached hydrogen (secondary N) is 1. The maximum Gasteiger partial charge on any atom is 0.0218 e. The first kappa shape index (κ1) is 13.0. The molecule has 0 bridgehead atoms. The number of hydrogen-bond donors (Lipinski definition) is 1. The highest BCUT2D eigenvalue weighted by Gasteiger charge is 2.26. The van der Waals surface area contributed by atoms with Crippen molar-refractivity contribution in [1.29, 1.82) is 0 Å². The summed E-state index contributed by atoms with van der Waals surface area (Å²) in [5.41, 5.74) is 0. The van der Waals surface area contributed by atoms with Crippen LogP contribution in [-0.4, -0.2) is 37.1 Å². The highest BCUT2D eigenvalue weighted by molar-refractivity contribution is 4.81. The van der Waals surface area contributed by atoms with E-state index in [0.717, 1.165) is 18.5 Å². The molecule has 1 fully saturated rings. The van der Waals surface area contributed by atoms with Gasteiger partial charge in [-0.1, -0.05) is 20.8 Å². The smallest absolute Gasteiger partial charge is 0.0218 e. The number of nitrogens with zero attached hydrogens (tertiary/aromatic N) is 1. The van der Waals surface area contributed by atoms with Gasteiger partial charge in [0, 0.05) is 19.1 Å². The zero-order valence-electron chi connectivity index (χ0n) is 10.8. The predicted octanol–water partition coefficient (Wildman–Crippen LogP) is 2.50. The van der Waals surface area contributed by atoms with Crippen LogP contribution in [0.5, 0.6) is 0 Å². The number of rotatable bonds is 9. The van der Waals surface area contributed by atoms with Gasteiger partial charge in [0.1, 0.15) is 0 Å². The molecule has 2 heteroatoms. The van der Waals surface area contributed by atoms with Crippen molar-refractivity contribution in [3.8, 4) is 0 Å². The average molecular weight is 212 g/mol. The van der Waals surface area contributed by atoms with Gasteiger partial charge in [-0.2, -0.15) is 0 Å². The summed E-state index contributed by atoms with van der Waals surface area (Å²) in [6.45, 7) is 11.7. The van der Waals surface area contributed by atoms with Crippen LogP contribution in [-0.2, 0) is 0 Å². The summed E-state index contributed by atoms with van der Waals surface area (Å²) in [4.78, 5) is 2.71. The third kappa shape index (κ3) is 4.98. The summed E-state index contributed by atoms with van der Waals surface area (Å²) in [7, 11) is 0. The summed E-state index contributed by atoms with van der Waals surface area (Å²) in [5.74, 6) is 1.02. The first-order valence-electron chi connectivity index (χ1n) is 6.76. The average Bonchev–Trinajstić information content (AvgIpc) is 3.03. The van der Waals surface area contributed by atoms with Gasteiger partial charge in [-0.05, 0) is 44.7 Å². The second-order valence-corrected chi connectivity index (χ2v) is 4.81. The normalized spacial score (nSPS) is 18.4. The minimum atomic E-state index is 0.755. The Morgan fingerprint density at radius 1 is 1.27 bits per heavy atom. The van der Waals surface area contributed by atoms with E-state index < -0.39 is 0 Å². The van der Waals surface area contributed by atoms with Gasteiger partial charge in [-0.15, -0.1) is 0 Å². The van der Waals surface area contributed by atoms with Gasteiger partial charge in [0.2, 0.25) is 0 Å². The molecule has 1 unspecified atom stereocenters. The van der Waals surface area contributed by atoms with Gasteiger partial charge in [0.05, 0.1) is 0 Å². The fraction of sp³-hybridized carbons (Fsp3) is 1.00. The first-order chi connectivity index (χ1) is 7.31. The monoisotopic (exact) mass is 212 g/mol. The lowest BCUT2D eigenvalue weighted by Gasteiger charge is -2.31. The van der Waals surface area contributed by atoms with Crippen molar-refractivity contribution in [1.82, 2.24) is 10.2 Å². The molecule has 1 aliphatic rings. The molecule has 0 aromatic heterocycles. The summed E-state index contributed by atoms with van der Waals surface area (Å²) >= 11 is 0. The molecule has 0 aromatic carbocycles. The minimum Gasteiger partial charge on any atom is -0.315 e. The Bertz CT molecular complexity index is 155. The standard InChI is InChI=1S/C13H28N2/c1-4-9-15(11-12-7-8-12)13(5-2)10-14-6-3/h12-14H,4-11H2,1-3H3. The second-order valence-electron chi connectivity index (χ2n) is 4.81. The van der Waals surface area contributed by atoms with Gasteiger partial charge < -0.3 is 5.32 Å². The molecular formula is C13H28N2. The predicted molar refractivity (Wildman–Crippen MR) is 67.2 cm³/mol. The Morgan fingerprint density at radius 2 is 2.00 bits per heavy atom. The molecule has 1 rings (SSSR count). The quantitative estimate of drug-likeness (QED) is 0.632. The minimum absolute atomic E-state index is 0.755. The molecule has 0 heterocycles. The Balaban J connectivity index is 2.33. The van der Waals surface area contributed by atoms with Crippen molar-refractivity contribution in [2.24, 2.45) is 5.92 Å². The Labute approximate surface area is 95.4 Å². The molecule has 0 saturated heterocycles. The van der Waals surface area contributed by atoms with Crippen molar-refractivity contribution in [3.63, 3.8) is 0 Å². The summed E-state index contributed by atoms with van der Waals surface area (Å²) in [5, 5.41) is 3.49. The van der Waals surface area contributed by atoms with Crippen LogP contribution >= 0.6 is 0 Å². The van der Waals surface area contributed by atoms with Gasteiger partial charge in [0.15, 0.2) is 0 Å². The van der Waals surface area contributed by atoms with Crippen LogP contribution < -0.4 is 5.32 Å². The molecule has 0 aliphatic heterocycles. The van der Waals surface area contributed by atoms with Gasteiger partial charge >= 0.3 is 0 Å². The topological polar surface area (TPSA) is 15.3 Å². The van der Waals surface area contributed by atoms with E-state index >= 15 is 0 Å². The van der Waals surface area contributed by atoms with Gasteiger partial charge in [0.25, 0.3) is 0 Å². The lowest BCUT2D eigenvalue weighted by Crippen LogP contribution is -2.43. The molecule has 0 amide bonds. The molecule has 2 nitrogen and oxygen atoms in total. The molecule has 0 spiro atoms. The molecular weight excluding hydrogens is 184 g/mol. The van der Waals surface area contributed by atoms with Crippen LogP contribution in [0, 0.1) is 5.92 Å². The van der Waals surface area contributed by atoms with E-state index in [4.69, 9.17) is 0 Å². The summed E-state index contributed by atoms with van der Waals surface area (Å²) in [6.07, 6.45) is 5.50. The molecule has 1 saturated carbocycles. The van der Waals surface area contributed by atoms with Crippen molar-refractivity contribution in [2.75, 3.05) is 26.2 Å². The van der Waals surface area contributed by atoms with E-state index in [0.29, 0.717) is 0 Å². The van der Waals surface area contributed by atoms with Crippen LogP contribution in [0.15, 0.2) is 0 Å².